The Kier molecular flexibility index (Phi) is 4.12. The summed E-state index contributed by atoms with van der Waals surface area (Å²) >= 11 is 0. The Labute approximate surface area is 113 Å². The molecule has 0 saturated heterocycles. The van der Waals surface area contributed by atoms with Crippen LogP contribution in [-0.2, 0) is 22.2 Å². The number of carbonyl (C=O) groups is 1. The zero-order valence-corrected chi connectivity index (χ0v) is 12.3. The Bertz CT molecular complexity index is 504. The molecule has 0 spiro atoms. The van der Waals surface area contributed by atoms with Crippen molar-refractivity contribution >= 4 is 13.3 Å². The van der Waals surface area contributed by atoms with E-state index in [1.165, 1.54) is 11.8 Å². The molecule has 2 rings (SSSR count). The maximum absolute atomic E-state index is 12.5. The van der Waals surface area contributed by atoms with Gasteiger partial charge in [-0.25, -0.2) is 0 Å². The molecular weight excluding hydrogens is 261 g/mol. The second-order valence-corrected chi connectivity index (χ2v) is 7.63. The zero-order valence-electron chi connectivity index (χ0n) is 11.4. The summed E-state index contributed by atoms with van der Waals surface area (Å²) in [7, 11) is -3.34. The lowest BCUT2D eigenvalue weighted by Crippen LogP contribution is -2.31. The zero-order chi connectivity index (χ0) is 14.0. The number of hydrogen-bond acceptors (Lipinski definition) is 2. The quantitative estimate of drug-likeness (QED) is 0.861. The lowest BCUT2D eigenvalue weighted by Gasteiger charge is -2.25. The average molecular weight is 281 g/mol. The van der Waals surface area contributed by atoms with E-state index >= 15 is 0 Å². The highest BCUT2D eigenvalue weighted by Gasteiger charge is 2.37. The molecule has 19 heavy (non-hydrogen) atoms. The maximum atomic E-state index is 12.5. The summed E-state index contributed by atoms with van der Waals surface area (Å²) in [6, 6.07) is 7.94. The summed E-state index contributed by atoms with van der Waals surface area (Å²) < 4.78 is 12.5. The number of rotatable bonds is 4. The van der Waals surface area contributed by atoms with Crippen LogP contribution in [-0.4, -0.2) is 34.2 Å². The van der Waals surface area contributed by atoms with Gasteiger partial charge in [-0.15, -0.1) is 0 Å². The summed E-state index contributed by atoms with van der Waals surface area (Å²) in [5.41, 5.74) is 2.07. The Balaban J connectivity index is 2.10. The van der Waals surface area contributed by atoms with Gasteiger partial charge in [-0.2, -0.15) is 0 Å². The number of benzene rings is 1. The first kappa shape index (κ1) is 14.3. The molecular formula is C14H20NO3P. The topological polar surface area (TPSA) is 57.6 Å². The smallest absolute Gasteiger partial charge is 0.223 e. The minimum Gasteiger partial charge on any atom is -0.343 e. The van der Waals surface area contributed by atoms with Crippen molar-refractivity contribution in [1.29, 1.82) is 0 Å². The van der Waals surface area contributed by atoms with Crippen molar-refractivity contribution in [2.75, 3.05) is 12.8 Å². The lowest BCUT2D eigenvalue weighted by molar-refractivity contribution is -0.127. The molecule has 1 aromatic carbocycles. The van der Waals surface area contributed by atoms with Crippen molar-refractivity contribution in [1.82, 2.24) is 4.90 Å². The molecule has 1 amide bonds. The first-order valence-corrected chi connectivity index (χ1v) is 8.49. The van der Waals surface area contributed by atoms with Gasteiger partial charge < -0.3 is 9.79 Å². The summed E-state index contributed by atoms with van der Waals surface area (Å²) in [4.78, 5) is 23.1. The fourth-order valence-electron chi connectivity index (χ4n) is 2.60. The number of amides is 1. The van der Waals surface area contributed by atoms with Crippen LogP contribution in [0.5, 0.6) is 0 Å². The van der Waals surface area contributed by atoms with Crippen LogP contribution in [0.25, 0.3) is 0 Å². The van der Waals surface area contributed by atoms with E-state index in [1.54, 1.807) is 0 Å². The van der Waals surface area contributed by atoms with Gasteiger partial charge in [-0.1, -0.05) is 24.3 Å². The number of fused-ring (bicyclic) bond motifs is 1. The van der Waals surface area contributed by atoms with Gasteiger partial charge in [0.15, 0.2) is 0 Å². The third kappa shape index (κ3) is 3.07. The number of hydrogen-bond donors (Lipinski definition) is 1. The van der Waals surface area contributed by atoms with Crippen LogP contribution in [0.15, 0.2) is 24.3 Å². The summed E-state index contributed by atoms with van der Waals surface area (Å²) in [6.07, 6.45) is 1.25. The molecule has 0 aliphatic heterocycles. The van der Waals surface area contributed by atoms with Crippen LogP contribution >= 0.6 is 7.37 Å². The molecule has 5 heteroatoms. The Morgan fingerprint density at radius 3 is 2.32 bits per heavy atom. The minimum absolute atomic E-state index is 0.0303. The standard InChI is InChI=1S/C14H20NO3P/c1-3-15(11(2)16)10-19(17,18)14-8-12-6-4-5-7-13(12)9-14/h4-7,14H,3,8-10H2,1-2H3,(H,17,18). The second-order valence-electron chi connectivity index (χ2n) is 5.10. The Morgan fingerprint density at radius 1 is 1.37 bits per heavy atom. The predicted octanol–water partition coefficient (Wildman–Crippen LogP) is 2.25. The third-order valence-electron chi connectivity index (χ3n) is 3.80. The van der Waals surface area contributed by atoms with Gasteiger partial charge in [-0.3, -0.25) is 9.36 Å². The number of carbonyl (C=O) groups excluding carboxylic acids is 1. The van der Waals surface area contributed by atoms with Crippen molar-refractivity contribution in [2.24, 2.45) is 0 Å². The van der Waals surface area contributed by atoms with Crippen molar-refractivity contribution in [2.45, 2.75) is 32.3 Å². The van der Waals surface area contributed by atoms with E-state index in [1.807, 2.05) is 31.2 Å². The predicted molar refractivity (Wildman–Crippen MR) is 75.4 cm³/mol. The molecule has 1 unspecified atom stereocenters. The van der Waals surface area contributed by atoms with E-state index in [0.717, 1.165) is 11.1 Å². The fraction of sp³-hybridized carbons (Fsp3) is 0.500. The lowest BCUT2D eigenvalue weighted by atomic mass is 10.1. The first-order valence-electron chi connectivity index (χ1n) is 6.58. The van der Waals surface area contributed by atoms with E-state index < -0.39 is 7.37 Å². The highest BCUT2D eigenvalue weighted by atomic mass is 31.2. The molecule has 104 valence electrons. The molecule has 1 aliphatic carbocycles. The Hall–Kier alpha value is -1.12. The van der Waals surface area contributed by atoms with Gasteiger partial charge in [0.2, 0.25) is 13.3 Å². The van der Waals surface area contributed by atoms with E-state index in [-0.39, 0.29) is 17.9 Å². The van der Waals surface area contributed by atoms with Gasteiger partial charge in [0.1, 0.15) is 0 Å². The highest BCUT2D eigenvalue weighted by Crippen LogP contribution is 2.51. The van der Waals surface area contributed by atoms with E-state index in [4.69, 9.17) is 0 Å². The largest absolute Gasteiger partial charge is 0.343 e. The Morgan fingerprint density at radius 2 is 1.89 bits per heavy atom. The highest BCUT2D eigenvalue weighted by molar-refractivity contribution is 7.58. The fourth-order valence-corrected chi connectivity index (χ4v) is 4.69. The van der Waals surface area contributed by atoms with Crippen LogP contribution in [0.3, 0.4) is 0 Å². The maximum Gasteiger partial charge on any atom is 0.223 e. The molecule has 1 N–H and O–H groups in total. The van der Waals surface area contributed by atoms with Crippen molar-refractivity contribution in [3.8, 4) is 0 Å². The van der Waals surface area contributed by atoms with Gasteiger partial charge in [0, 0.05) is 19.1 Å². The molecule has 0 saturated carbocycles. The third-order valence-corrected chi connectivity index (χ3v) is 6.05. The van der Waals surface area contributed by atoms with Crippen LogP contribution in [0.2, 0.25) is 0 Å². The summed E-state index contributed by atoms with van der Waals surface area (Å²) in [5, 5.41) is 0. The molecule has 1 atom stereocenters. The molecule has 4 nitrogen and oxygen atoms in total. The summed E-state index contributed by atoms with van der Waals surface area (Å²) in [6.45, 7) is 3.73. The van der Waals surface area contributed by atoms with E-state index in [0.29, 0.717) is 19.4 Å². The van der Waals surface area contributed by atoms with Crippen LogP contribution in [0.1, 0.15) is 25.0 Å². The monoisotopic (exact) mass is 281 g/mol. The van der Waals surface area contributed by atoms with Crippen molar-refractivity contribution in [3.63, 3.8) is 0 Å². The second kappa shape index (κ2) is 5.48. The summed E-state index contributed by atoms with van der Waals surface area (Å²) in [5.74, 6) is -0.146. The molecule has 0 heterocycles. The van der Waals surface area contributed by atoms with Gasteiger partial charge in [0.25, 0.3) is 0 Å². The first-order chi connectivity index (χ1) is 8.94. The van der Waals surface area contributed by atoms with Crippen LogP contribution in [0, 0.1) is 0 Å². The van der Waals surface area contributed by atoms with Crippen molar-refractivity contribution < 1.29 is 14.3 Å². The molecule has 0 aromatic heterocycles. The average Bonchev–Trinajstić information content (AvgIpc) is 2.80. The molecule has 0 radical (unpaired) electrons. The molecule has 1 aromatic rings. The van der Waals surface area contributed by atoms with Crippen LogP contribution in [0.4, 0.5) is 0 Å². The van der Waals surface area contributed by atoms with E-state index in [9.17, 15) is 14.3 Å². The molecule has 0 fully saturated rings. The number of nitrogens with zero attached hydrogens (tertiary/aromatic N) is 1. The van der Waals surface area contributed by atoms with Crippen LogP contribution < -0.4 is 0 Å². The van der Waals surface area contributed by atoms with Gasteiger partial charge in [0.05, 0.1) is 6.29 Å². The molecule has 1 aliphatic rings. The van der Waals surface area contributed by atoms with Gasteiger partial charge in [-0.05, 0) is 30.9 Å². The minimum atomic E-state index is -3.34. The van der Waals surface area contributed by atoms with E-state index in [2.05, 4.69) is 0 Å². The van der Waals surface area contributed by atoms with Gasteiger partial charge >= 0.3 is 0 Å². The normalized spacial score (nSPS) is 17.8. The molecule has 0 bridgehead atoms. The SMILES string of the molecule is CCN(CP(=O)(O)C1Cc2ccccc2C1)C(C)=O. The van der Waals surface area contributed by atoms with Crippen molar-refractivity contribution in [3.05, 3.63) is 35.4 Å².